The molecule has 0 saturated carbocycles. The number of ether oxygens (including phenoxy) is 1. The molecule has 1 aliphatic rings. The van der Waals surface area contributed by atoms with Crippen LogP contribution in [0.3, 0.4) is 0 Å². The minimum absolute atomic E-state index is 0.152. The number of piperidine rings is 1. The lowest BCUT2D eigenvalue weighted by Gasteiger charge is -2.26. The van der Waals surface area contributed by atoms with Crippen LogP contribution in [0.5, 0.6) is 5.88 Å². The van der Waals surface area contributed by atoms with Crippen LogP contribution in [0.2, 0.25) is 0 Å². The summed E-state index contributed by atoms with van der Waals surface area (Å²) in [5.41, 5.74) is 1.40. The van der Waals surface area contributed by atoms with Crippen LogP contribution in [0.1, 0.15) is 45.6 Å². The fraction of sp³-hybridized carbons (Fsp3) is 0.688. The third-order valence-corrected chi connectivity index (χ3v) is 3.71. The van der Waals surface area contributed by atoms with Gasteiger partial charge in [-0.15, -0.1) is 0 Å². The van der Waals surface area contributed by atoms with Crippen molar-refractivity contribution in [1.29, 1.82) is 0 Å². The van der Waals surface area contributed by atoms with Crippen molar-refractivity contribution in [3.63, 3.8) is 0 Å². The summed E-state index contributed by atoms with van der Waals surface area (Å²) < 4.78 is 5.72. The summed E-state index contributed by atoms with van der Waals surface area (Å²) in [4.78, 5) is 6.87. The van der Waals surface area contributed by atoms with Crippen molar-refractivity contribution in [3.05, 3.63) is 23.9 Å². The van der Waals surface area contributed by atoms with E-state index in [1.54, 1.807) is 0 Å². The highest BCUT2D eigenvalue weighted by Crippen LogP contribution is 2.22. The fourth-order valence-corrected chi connectivity index (χ4v) is 2.37. The fourth-order valence-electron chi connectivity index (χ4n) is 2.37. The van der Waals surface area contributed by atoms with Gasteiger partial charge in [-0.3, -0.25) is 4.90 Å². The molecule has 0 atom stereocenters. The lowest BCUT2D eigenvalue weighted by Crippen LogP contribution is -2.33. The van der Waals surface area contributed by atoms with Crippen LogP contribution in [0.4, 0.5) is 0 Å². The van der Waals surface area contributed by atoms with Crippen molar-refractivity contribution < 1.29 is 4.74 Å². The van der Waals surface area contributed by atoms with E-state index in [1.165, 1.54) is 37.9 Å². The van der Waals surface area contributed by atoms with Gasteiger partial charge in [-0.1, -0.05) is 33.3 Å². The maximum Gasteiger partial charge on any atom is 0.213 e. The van der Waals surface area contributed by atoms with Gasteiger partial charge >= 0.3 is 0 Å². The predicted molar refractivity (Wildman–Crippen MR) is 78.7 cm³/mol. The van der Waals surface area contributed by atoms with E-state index >= 15 is 0 Å². The summed E-state index contributed by atoms with van der Waals surface area (Å²) in [6, 6.07) is 4.10. The molecule has 1 saturated heterocycles. The highest BCUT2D eigenvalue weighted by molar-refractivity contribution is 5.23. The van der Waals surface area contributed by atoms with Crippen molar-refractivity contribution >= 4 is 0 Å². The number of nitrogens with zero attached hydrogens (tertiary/aromatic N) is 2. The van der Waals surface area contributed by atoms with Gasteiger partial charge < -0.3 is 4.74 Å². The molecule has 19 heavy (non-hydrogen) atoms. The first-order valence-corrected chi connectivity index (χ1v) is 7.37. The molecule has 1 fully saturated rings. The zero-order chi connectivity index (χ0) is 13.7. The first kappa shape index (κ1) is 14.3. The molecule has 3 nitrogen and oxygen atoms in total. The van der Waals surface area contributed by atoms with Gasteiger partial charge in [0.25, 0.3) is 0 Å². The van der Waals surface area contributed by atoms with E-state index in [9.17, 15) is 0 Å². The van der Waals surface area contributed by atoms with Crippen LogP contribution in [0.25, 0.3) is 0 Å². The van der Waals surface area contributed by atoms with Crippen LogP contribution in [0.15, 0.2) is 18.3 Å². The van der Waals surface area contributed by atoms with E-state index in [1.807, 2.05) is 12.3 Å². The van der Waals surface area contributed by atoms with Gasteiger partial charge in [0.15, 0.2) is 0 Å². The summed E-state index contributed by atoms with van der Waals surface area (Å²) in [6.07, 6.45) is 5.97. The maximum absolute atomic E-state index is 5.72. The normalized spacial score (nSPS) is 17.4. The van der Waals surface area contributed by atoms with E-state index in [0.717, 1.165) is 19.0 Å². The molecule has 1 aromatic rings. The van der Waals surface area contributed by atoms with Gasteiger partial charge in [0.1, 0.15) is 6.61 Å². The molecular formula is C16H26N2O. The van der Waals surface area contributed by atoms with E-state index in [4.69, 9.17) is 4.74 Å². The maximum atomic E-state index is 5.72. The average Bonchev–Trinajstić information content (AvgIpc) is 2.39. The second kappa shape index (κ2) is 6.38. The van der Waals surface area contributed by atoms with Gasteiger partial charge in [0, 0.05) is 18.8 Å². The summed E-state index contributed by atoms with van der Waals surface area (Å²) in [7, 11) is 0. The molecule has 3 heteroatoms. The Hall–Kier alpha value is -1.09. The molecule has 106 valence electrons. The molecule has 0 N–H and O–H groups in total. The minimum atomic E-state index is 0.152. The number of likely N-dealkylation sites (tertiary alicyclic amines) is 1. The SMILES string of the molecule is CC(C)(C)c1ccc(OCCN2CCCCC2)nc1. The van der Waals surface area contributed by atoms with Crippen molar-refractivity contribution in [3.8, 4) is 5.88 Å². The summed E-state index contributed by atoms with van der Waals surface area (Å²) in [5, 5.41) is 0. The van der Waals surface area contributed by atoms with E-state index in [2.05, 4.69) is 36.7 Å². The second-order valence-electron chi connectivity index (χ2n) is 6.39. The molecule has 0 spiro atoms. The Morgan fingerprint density at radius 3 is 2.47 bits per heavy atom. The molecule has 0 aliphatic carbocycles. The van der Waals surface area contributed by atoms with Crippen LogP contribution in [-0.2, 0) is 5.41 Å². The highest BCUT2D eigenvalue weighted by atomic mass is 16.5. The first-order valence-electron chi connectivity index (χ1n) is 7.37. The molecule has 0 bridgehead atoms. The Balaban J connectivity index is 1.76. The molecule has 2 rings (SSSR count). The van der Waals surface area contributed by atoms with Crippen molar-refractivity contribution in [2.45, 2.75) is 45.4 Å². The standard InChI is InChI=1S/C16H26N2O/c1-16(2,3)14-7-8-15(17-13-14)19-12-11-18-9-5-4-6-10-18/h7-8,13H,4-6,9-12H2,1-3H3. The number of hydrogen-bond acceptors (Lipinski definition) is 3. The van der Waals surface area contributed by atoms with E-state index in [-0.39, 0.29) is 5.41 Å². The number of rotatable bonds is 4. The molecule has 0 aromatic carbocycles. The zero-order valence-corrected chi connectivity index (χ0v) is 12.5. The Kier molecular flexibility index (Phi) is 4.81. The second-order valence-corrected chi connectivity index (χ2v) is 6.39. The van der Waals surface area contributed by atoms with Crippen molar-refractivity contribution in [2.75, 3.05) is 26.2 Å². The third kappa shape index (κ3) is 4.50. The lowest BCUT2D eigenvalue weighted by atomic mass is 9.88. The van der Waals surface area contributed by atoms with Crippen molar-refractivity contribution in [2.24, 2.45) is 0 Å². The molecule has 1 aromatic heterocycles. The molecule has 0 radical (unpaired) electrons. The molecular weight excluding hydrogens is 236 g/mol. The number of aromatic nitrogens is 1. The average molecular weight is 262 g/mol. The van der Waals surface area contributed by atoms with Gasteiger partial charge in [0.2, 0.25) is 5.88 Å². The Bertz CT molecular complexity index is 375. The largest absolute Gasteiger partial charge is 0.476 e. The molecule has 2 heterocycles. The summed E-state index contributed by atoms with van der Waals surface area (Å²) in [6.45, 7) is 10.8. The Morgan fingerprint density at radius 2 is 1.89 bits per heavy atom. The Labute approximate surface area is 117 Å². The van der Waals surface area contributed by atoms with Gasteiger partial charge in [-0.05, 0) is 36.9 Å². The summed E-state index contributed by atoms with van der Waals surface area (Å²) >= 11 is 0. The van der Waals surface area contributed by atoms with Crippen molar-refractivity contribution in [1.82, 2.24) is 9.88 Å². The Morgan fingerprint density at radius 1 is 1.16 bits per heavy atom. The number of hydrogen-bond donors (Lipinski definition) is 0. The van der Waals surface area contributed by atoms with E-state index < -0.39 is 0 Å². The molecule has 0 unspecified atom stereocenters. The smallest absolute Gasteiger partial charge is 0.213 e. The quantitative estimate of drug-likeness (QED) is 0.833. The lowest BCUT2D eigenvalue weighted by molar-refractivity contribution is 0.180. The number of pyridine rings is 1. The predicted octanol–water partition coefficient (Wildman–Crippen LogP) is 3.24. The first-order chi connectivity index (χ1) is 9.05. The summed E-state index contributed by atoms with van der Waals surface area (Å²) in [5.74, 6) is 0.741. The zero-order valence-electron chi connectivity index (χ0n) is 12.5. The monoisotopic (exact) mass is 262 g/mol. The molecule has 0 amide bonds. The third-order valence-electron chi connectivity index (χ3n) is 3.71. The van der Waals surface area contributed by atoms with Gasteiger partial charge in [-0.25, -0.2) is 4.98 Å². The van der Waals surface area contributed by atoms with Gasteiger partial charge in [0.05, 0.1) is 0 Å². The minimum Gasteiger partial charge on any atom is -0.476 e. The van der Waals surface area contributed by atoms with Crippen LogP contribution >= 0.6 is 0 Å². The van der Waals surface area contributed by atoms with Crippen LogP contribution in [0, 0.1) is 0 Å². The molecule has 1 aliphatic heterocycles. The van der Waals surface area contributed by atoms with Crippen LogP contribution < -0.4 is 4.74 Å². The van der Waals surface area contributed by atoms with E-state index in [0.29, 0.717) is 0 Å². The van der Waals surface area contributed by atoms with Crippen LogP contribution in [-0.4, -0.2) is 36.1 Å². The van der Waals surface area contributed by atoms with Gasteiger partial charge in [-0.2, -0.15) is 0 Å². The topological polar surface area (TPSA) is 25.4 Å². The highest BCUT2D eigenvalue weighted by Gasteiger charge is 2.14.